The van der Waals surface area contributed by atoms with Crippen molar-refractivity contribution in [2.75, 3.05) is 10.6 Å². The number of rotatable bonds is 5. The zero-order valence-electron chi connectivity index (χ0n) is 11.8. The number of hydrogen-bond donors (Lipinski definition) is 2. The lowest BCUT2D eigenvalue weighted by atomic mass is 10.2. The Labute approximate surface area is 119 Å². The predicted molar refractivity (Wildman–Crippen MR) is 81.7 cm³/mol. The van der Waals surface area contributed by atoms with Crippen LogP contribution in [0.15, 0.2) is 42.6 Å². The second-order valence-corrected chi connectivity index (χ2v) is 4.64. The molecule has 4 nitrogen and oxygen atoms in total. The first-order valence-electron chi connectivity index (χ1n) is 6.72. The van der Waals surface area contributed by atoms with Gasteiger partial charge in [-0.25, -0.2) is 0 Å². The Morgan fingerprint density at radius 2 is 2.00 bits per heavy atom. The van der Waals surface area contributed by atoms with E-state index >= 15 is 0 Å². The van der Waals surface area contributed by atoms with Crippen LogP contribution in [-0.4, -0.2) is 10.9 Å². The van der Waals surface area contributed by atoms with Gasteiger partial charge in [-0.15, -0.1) is 0 Å². The molecule has 0 unspecified atom stereocenters. The molecule has 4 heteroatoms. The molecule has 0 saturated heterocycles. The third-order valence-corrected chi connectivity index (χ3v) is 2.94. The predicted octanol–water partition coefficient (Wildman–Crippen LogP) is 3.35. The molecular formula is C16H19N3O. The van der Waals surface area contributed by atoms with Crippen LogP contribution in [0.4, 0.5) is 11.4 Å². The van der Waals surface area contributed by atoms with E-state index in [1.807, 2.05) is 50.4 Å². The van der Waals surface area contributed by atoms with E-state index in [0.29, 0.717) is 13.0 Å². The van der Waals surface area contributed by atoms with Crippen LogP contribution in [0.2, 0.25) is 0 Å². The summed E-state index contributed by atoms with van der Waals surface area (Å²) in [4.78, 5) is 15.6. The van der Waals surface area contributed by atoms with Crippen molar-refractivity contribution >= 4 is 17.3 Å². The van der Waals surface area contributed by atoms with Crippen LogP contribution in [0.25, 0.3) is 0 Å². The third-order valence-electron chi connectivity index (χ3n) is 2.94. The highest BCUT2D eigenvalue weighted by atomic mass is 16.1. The average molecular weight is 269 g/mol. The summed E-state index contributed by atoms with van der Waals surface area (Å²) in [6, 6.07) is 11.7. The smallest absolute Gasteiger partial charge is 0.224 e. The van der Waals surface area contributed by atoms with Gasteiger partial charge < -0.3 is 10.6 Å². The van der Waals surface area contributed by atoms with Gasteiger partial charge in [0.25, 0.3) is 0 Å². The van der Waals surface area contributed by atoms with Gasteiger partial charge in [-0.05, 0) is 36.8 Å². The van der Waals surface area contributed by atoms with E-state index in [9.17, 15) is 4.79 Å². The zero-order chi connectivity index (χ0) is 14.4. The van der Waals surface area contributed by atoms with Crippen LogP contribution in [0.1, 0.15) is 24.6 Å². The fourth-order valence-electron chi connectivity index (χ4n) is 1.76. The number of carbonyl (C=O) groups is 1. The molecule has 20 heavy (non-hydrogen) atoms. The third kappa shape index (κ3) is 4.09. The molecule has 0 aliphatic heterocycles. The molecule has 0 saturated carbocycles. The summed E-state index contributed by atoms with van der Waals surface area (Å²) in [6.07, 6.45) is 2.34. The Hall–Kier alpha value is -2.36. The van der Waals surface area contributed by atoms with Crippen molar-refractivity contribution < 1.29 is 4.79 Å². The van der Waals surface area contributed by atoms with Gasteiger partial charge in [-0.1, -0.05) is 19.1 Å². The molecule has 1 heterocycles. The van der Waals surface area contributed by atoms with E-state index in [1.54, 1.807) is 0 Å². The van der Waals surface area contributed by atoms with Crippen LogP contribution in [0, 0.1) is 6.92 Å². The normalized spacial score (nSPS) is 10.1. The van der Waals surface area contributed by atoms with Crippen molar-refractivity contribution in [1.29, 1.82) is 0 Å². The molecular weight excluding hydrogens is 250 g/mol. The zero-order valence-corrected chi connectivity index (χ0v) is 11.8. The van der Waals surface area contributed by atoms with Crippen molar-refractivity contribution in [3.05, 3.63) is 53.9 Å². The van der Waals surface area contributed by atoms with E-state index in [-0.39, 0.29) is 5.91 Å². The molecule has 0 aliphatic carbocycles. The van der Waals surface area contributed by atoms with E-state index < -0.39 is 0 Å². The molecule has 0 bridgehead atoms. The fraction of sp³-hybridized carbons (Fsp3) is 0.250. The van der Waals surface area contributed by atoms with Crippen molar-refractivity contribution in [1.82, 2.24) is 4.98 Å². The molecule has 0 aliphatic rings. The molecule has 0 fully saturated rings. The maximum absolute atomic E-state index is 11.4. The van der Waals surface area contributed by atoms with Gasteiger partial charge in [0.05, 0.1) is 0 Å². The number of benzene rings is 1. The largest absolute Gasteiger partial charge is 0.381 e. The Balaban J connectivity index is 1.97. The van der Waals surface area contributed by atoms with E-state index in [0.717, 1.165) is 22.6 Å². The molecule has 0 atom stereocenters. The summed E-state index contributed by atoms with van der Waals surface area (Å²) in [5, 5.41) is 6.17. The van der Waals surface area contributed by atoms with Gasteiger partial charge in [0.1, 0.15) is 0 Å². The molecule has 2 aromatic rings. The summed E-state index contributed by atoms with van der Waals surface area (Å²) in [5.41, 5.74) is 3.92. The van der Waals surface area contributed by atoms with Crippen molar-refractivity contribution in [3.8, 4) is 0 Å². The van der Waals surface area contributed by atoms with E-state index in [4.69, 9.17) is 0 Å². The number of nitrogens with one attached hydrogen (secondary N) is 2. The van der Waals surface area contributed by atoms with Crippen molar-refractivity contribution in [2.45, 2.75) is 26.8 Å². The standard InChI is InChI=1S/C16H19N3O/c1-3-16(20)19-15-6-4-5-14(9-15)18-11-13-8-7-12(2)17-10-13/h4-10,18H,3,11H2,1-2H3,(H,19,20). The number of amides is 1. The Morgan fingerprint density at radius 1 is 1.20 bits per heavy atom. The topological polar surface area (TPSA) is 54.0 Å². The second-order valence-electron chi connectivity index (χ2n) is 4.64. The minimum absolute atomic E-state index is 0.0184. The number of aromatic nitrogens is 1. The average Bonchev–Trinajstić information content (AvgIpc) is 2.47. The Bertz CT molecular complexity index is 579. The SMILES string of the molecule is CCC(=O)Nc1cccc(NCc2ccc(C)nc2)c1. The Morgan fingerprint density at radius 3 is 2.70 bits per heavy atom. The van der Waals surface area contributed by atoms with Crippen LogP contribution >= 0.6 is 0 Å². The van der Waals surface area contributed by atoms with Gasteiger partial charge >= 0.3 is 0 Å². The van der Waals surface area contributed by atoms with Gasteiger partial charge in [-0.3, -0.25) is 9.78 Å². The molecule has 1 aromatic carbocycles. The number of pyridine rings is 1. The lowest BCUT2D eigenvalue weighted by Crippen LogP contribution is -2.09. The monoisotopic (exact) mass is 269 g/mol. The number of hydrogen-bond acceptors (Lipinski definition) is 3. The molecule has 0 radical (unpaired) electrons. The summed E-state index contributed by atoms with van der Waals surface area (Å²) in [6.45, 7) is 4.51. The fourth-order valence-corrected chi connectivity index (χ4v) is 1.76. The van der Waals surface area contributed by atoms with Gasteiger partial charge in [0, 0.05) is 36.2 Å². The van der Waals surface area contributed by atoms with Crippen molar-refractivity contribution in [3.63, 3.8) is 0 Å². The first kappa shape index (κ1) is 14.1. The molecule has 1 aromatic heterocycles. The number of anilines is 2. The lowest BCUT2D eigenvalue weighted by molar-refractivity contribution is -0.115. The maximum Gasteiger partial charge on any atom is 0.224 e. The highest BCUT2D eigenvalue weighted by molar-refractivity contribution is 5.90. The second kappa shape index (κ2) is 6.70. The summed E-state index contributed by atoms with van der Waals surface area (Å²) < 4.78 is 0. The summed E-state index contributed by atoms with van der Waals surface area (Å²) in [5.74, 6) is 0.0184. The summed E-state index contributed by atoms with van der Waals surface area (Å²) in [7, 11) is 0. The van der Waals surface area contributed by atoms with Gasteiger partial charge in [0.15, 0.2) is 0 Å². The van der Waals surface area contributed by atoms with Crippen LogP contribution in [0.5, 0.6) is 0 Å². The lowest BCUT2D eigenvalue weighted by Gasteiger charge is -2.09. The number of carbonyl (C=O) groups excluding carboxylic acids is 1. The van der Waals surface area contributed by atoms with Gasteiger partial charge in [0.2, 0.25) is 5.91 Å². The molecule has 0 spiro atoms. The van der Waals surface area contributed by atoms with E-state index in [1.165, 1.54) is 0 Å². The maximum atomic E-state index is 11.4. The minimum atomic E-state index is 0.0184. The van der Waals surface area contributed by atoms with Crippen molar-refractivity contribution in [2.24, 2.45) is 0 Å². The first-order chi connectivity index (χ1) is 9.67. The minimum Gasteiger partial charge on any atom is -0.381 e. The highest BCUT2D eigenvalue weighted by Gasteiger charge is 2.00. The highest BCUT2D eigenvalue weighted by Crippen LogP contribution is 2.16. The van der Waals surface area contributed by atoms with Crippen LogP contribution in [0.3, 0.4) is 0 Å². The molecule has 1 amide bonds. The summed E-state index contributed by atoms with van der Waals surface area (Å²) >= 11 is 0. The molecule has 104 valence electrons. The first-order valence-corrected chi connectivity index (χ1v) is 6.72. The molecule has 2 rings (SSSR count). The van der Waals surface area contributed by atoms with E-state index in [2.05, 4.69) is 21.7 Å². The van der Waals surface area contributed by atoms with Gasteiger partial charge in [-0.2, -0.15) is 0 Å². The number of nitrogens with zero attached hydrogens (tertiary/aromatic N) is 1. The quantitative estimate of drug-likeness (QED) is 0.875. The molecule has 2 N–H and O–H groups in total. The number of aryl methyl sites for hydroxylation is 1. The van der Waals surface area contributed by atoms with Crippen LogP contribution < -0.4 is 10.6 Å². The van der Waals surface area contributed by atoms with Crippen LogP contribution in [-0.2, 0) is 11.3 Å². The Kier molecular flexibility index (Phi) is 4.71.